The quantitative estimate of drug-likeness (QED) is 0.342. The van der Waals surface area contributed by atoms with Gasteiger partial charge in [-0.05, 0) is 0 Å². The molecule has 0 aliphatic heterocycles. The third kappa shape index (κ3) is 155000. The molecule has 0 heterocycles. The van der Waals surface area contributed by atoms with Crippen LogP contribution in [0.2, 0.25) is 0 Å². The summed E-state index contributed by atoms with van der Waals surface area (Å²) in [6, 6.07) is 0. The fourth-order valence-corrected chi connectivity index (χ4v) is 0. The van der Waals surface area contributed by atoms with Gasteiger partial charge < -0.3 is 5.48 Å². The third-order valence-corrected chi connectivity index (χ3v) is 0. The van der Waals surface area contributed by atoms with Crippen molar-refractivity contribution in [3.05, 3.63) is 0 Å². The Hall–Kier alpha value is 0.0649. The van der Waals surface area contributed by atoms with Crippen LogP contribution in [0.3, 0.4) is 0 Å². The Morgan fingerprint density at radius 3 is 0.636 bits per heavy atom. The molecule has 9 nitrogen and oxygen atoms in total. The Bertz CT molecular complexity index is 204. The summed E-state index contributed by atoms with van der Waals surface area (Å²) in [5, 5.41) is 0. The molecule has 0 aliphatic carbocycles. The molecule has 72 valence electrons. The average molecular weight is 254 g/mol. The first-order valence-corrected chi connectivity index (χ1v) is 5.76. The Kier molecular flexibility index (Phi) is 8.90. The van der Waals surface area contributed by atoms with Crippen molar-refractivity contribution in [3.63, 3.8) is 0 Å². The first-order valence-electron chi connectivity index (χ1n) is 1.40. The van der Waals surface area contributed by atoms with E-state index >= 15 is 0 Å². The molecule has 0 unspecified atom stereocenters. The second-order valence-electron chi connectivity index (χ2n) is 0.896. The van der Waals surface area contributed by atoms with Gasteiger partial charge in [0.1, 0.15) is 0 Å². The van der Waals surface area contributed by atoms with E-state index in [2.05, 4.69) is 0 Å². The van der Waals surface area contributed by atoms with E-state index in [9.17, 15) is 0 Å². The van der Waals surface area contributed by atoms with Crippen LogP contribution in [0.4, 0.5) is 0 Å². The predicted octanol–water partition coefficient (Wildman–Crippen LogP) is -3.53. The minimum absolute atomic E-state index is 0. The Morgan fingerprint density at radius 2 is 0.636 bits per heavy atom. The van der Waals surface area contributed by atoms with Gasteiger partial charge in [0.15, 0.2) is 0 Å². The third-order valence-electron chi connectivity index (χ3n) is 0. The molecule has 0 saturated carbocycles. The number of hydrogen-bond acceptors (Lipinski definition) is 4. The van der Waals surface area contributed by atoms with Gasteiger partial charge in [-0.25, -0.2) is 0 Å². The molecular formula is H6Cr2O9. The molecular weight excluding hydrogens is 248 g/mol. The van der Waals surface area contributed by atoms with Gasteiger partial charge in [-0.3, -0.25) is 0 Å². The zero-order valence-electron chi connectivity index (χ0n) is 4.74. The molecule has 0 rings (SSSR count). The van der Waals surface area contributed by atoms with Gasteiger partial charge in [-0.15, -0.1) is 0 Å². The number of hydrogen-bond donors (Lipinski definition) is 4. The van der Waals surface area contributed by atoms with Gasteiger partial charge >= 0.3 is 59.1 Å². The summed E-state index contributed by atoms with van der Waals surface area (Å²) in [7, 11) is 0. The van der Waals surface area contributed by atoms with E-state index < -0.39 is 27.2 Å². The van der Waals surface area contributed by atoms with Crippen LogP contribution in [0.1, 0.15) is 0 Å². The van der Waals surface area contributed by atoms with Crippen molar-refractivity contribution in [1.29, 1.82) is 0 Å². The Labute approximate surface area is 65.0 Å². The topological polar surface area (TPSA) is 181 Å². The van der Waals surface area contributed by atoms with Crippen molar-refractivity contribution < 1.29 is 64.5 Å². The minimum atomic E-state index is -5.25. The van der Waals surface area contributed by atoms with E-state index in [0.29, 0.717) is 0 Å². The van der Waals surface area contributed by atoms with Crippen LogP contribution < -0.4 is 0 Å². The van der Waals surface area contributed by atoms with E-state index in [1.807, 2.05) is 0 Å². The maximum absolute atomic E-state index is 8.82. The van der Waals surface area contributed by atoms with Gasteiger partial charge in [0.25, 0.3) is 0 Å². The summed E-state index contributed by atoms with van der Waals surface area (Å²) < 4.78 is 63.8. The summed E-state index contributed by atoms with van der Waals surface area (Å²) in [5.41, 5.74) is 0. The molecule has 0 amide bonds. The molecule has 0 aromatic rings. The molecule has 0 radical (unpaired) electrons. The Morgan fingerprint density at radius 1 is 0.636 bits per heavy atom. The Balaban J connectivity index is -0.000000107. The monoisotopic (exact) mass is 254 g/mol. The van der Waals surface area contributed by atoms with Crippen LogP contribution >= 0.6 is 0 Å². The molecule has 11 heavy (non-hydrogen) atoms. The first-order chi connectivity index (χ1) is 4.00. The maximum atomic E-state index is 8.82. The van der Waals surface area contributed by atoms with Gasteiger partial charge in [-0.2, -0.15) is 0 Å². The molecule has 11 heteroatoms. The normalized spacial score (nSPS) is 10.5. The van der Waals surface area contributed by atoms with E-state index in [-0.39, 0.29) is 5.48 Å². The van der Waals surface area contributed by atoms with Crippen LogP contribution in [0.15, 0.2) is 0 Å². The summed E-state index contributed by atoms with van der Waals surface area (Å²) in [6.45, 7) is 0. The van der Waals surface area contributed by atoms with Gasteiger partial charge in [0.2, 0.25) is 0 Å². The summed E-state index contributed by atoms with van der Waals surface area (Å²) in [5.74, 6) is 0. The summed E-state index contributed by atoms with van der Waals surface area (Å²) in [6.07, 6.45) is 0. The molecule has 0 atom stereocenters. The van der Waals surface area contributed by atoms with Crippen molar-refractivity contribution >= 4 is 0 Å². The van der Waals surface area contributed by atoms with Crippen LogP contribution in [0, 0.1) is 0 Å². The molecule has 0 fully saturated rings. The second kappa shape index (κ2) is 5.68. The predicted molar refractivity (Wildman–Crippen MR) is 15.2 cm³/mol. The molecule has 0 bridgehead atoms. The van der Waals surface area contributed by atoms with Gasteiger partial charge in [0.05, 0.1) is 0 Å². The standard InChI is InChI=1S/2Cr.5H2O.4O/h;;5*1H2;;;;/q2*+2;;;;;;;;;/p-4. The van der Waals surface area contributed by atoms with Crippen molar-refractivity contribution in [2.24, 2.45) is 0 Å². The molecule has 0 aromatic heterocycles. The van der Waals surface area contributed by atoms with E-state index in [1.54, 1.807) is 0 Å². The second-order valence-corrected chi connectivity index (χ2v) is 3.69. The summed E-state index contributed by atoms with van der Waals surface area (Å²) in [4.78, 5) is 0. The molecule has 0 aliphatic rings. The SMILES string of the molecule is O.[O]=[Cr](=[O])([OH])[OH].[O]=[Cr](=[O])([OH])[OH]. The van der Waals surface area contributed by atoms with E-state index in [1.165, 1.54) is 0 Å². The van der Waals surface area contributed by atoms with Crippen LogP contribution in [-0.4, -0.2) is 22.1 Å². The fraction of sp³-hybridized carbons (Fsp3) is 0. The van der Waals surface area contributed by atoms with Gasteiger partial charge in [-0.1, -0.05) is 0 Å². The van der Waals surface area contributed by atoms with Crippen molar-refractivity contribution in [2.75, 3.05) is 0 Å². The van der Waals surface area contributed by atoms with Crippen LogP contribution in [-0.2, 0) is 42.4 Å². The molecule has 0 saturated heterocycles. The van der Waals surface area contributed by atoms with E-state index in [0.717, 1.165) is 0 Å². The number of rotatable bonds is 0. The van der Waals surface area contributed by atoms with Crippen molar-refractivity contribution in [3.8, 4) is 0 Å². The van der Waals surface area contributed by atoms with Gasteiger partial charge in [0, 0.05) is 0 Å². The first kappa shape index (κ1) is 17.2. The zero-order chi connectivity index (χ0) is 9.00. The average Bonchev–Trinajstić information content (AvgIpc) is 1.12. The van der Waals surface area contributed by atoms with Crippen LogP contribution in [0.5, 0.6) is 0 Å². The summed E-state index contributed by atoms with van der Waals surface area (Å²) >= 11 is -10.5. The fourth-order valence-electron chi connectivity index (χ4n) is 0. The molecule has 0 aromatic carbocycles. The van der Waals surface area contributed by atoms with Crippen molar-refractivity contribution in [1.82, 2.24) is 0 Å². The molecule has 6 N–H and O–H groups in total. The van der Waals surface area contributed by atoms with Crippen molar-refractivity contribution in [2.45, 2.75) is 0 Å². The molecule has 0 spiro atoms. The van der Waals surface area contributed by atoms with Crippen LogP contribution in [0.25, 0.3) is 0 Å². The van der Waals surface area contributed by atoms with E-state index in [4.69, 9.17) is 31.8 Å². The zero-order valence-corrected chi connectivity index (χ0v) is 7.29.